The lowest BCUT2D eigenvalue weighted by atomic mass is 10.3. The van der Waals surface area contributed by atoms with Crippen molar-refractivity contribution in [2.45, 2.75) is 0 Å². The molecule has 0 atom stereocenters. The molecule has 2 aromatic heterocycles. The molecule has 0 unspecified atom stereocenters. The average Bonchev–Trinajstić information content (AvgIpc) is 3.65. The van der Waals surface area contributed by atoms with Crippen molar-refractivity contribution < 1.29 is 43.9 Å². The minimum atomic E-state index is -6.00. The maximum atomic E-state index is 9.75. The Morgan fingerprint density at radius 3 is 0.978 bits per heavy atom. The van der Waals surface area contributed by atoms with Crippen molar-refractivity contribution in [1.29, 1.82) is 0 Å². The molecule has 4 aromatic carbocycles. The molecule has 0 spiro atoms. The minimum Gasteiger partial charge on any atom is -0.418 e. The summed E-state index contributed by atoms with van der Waals surface area (Å²) in [6.07, 6.45) is 0. The summed E-state index contributed by atoms with van der Waals surface area (Å²) in [5.41, 5.74) is 3.21. The highest BCUT2D eigenvalue weighted by Gasteiger charge is 2.27. The van der Waals surface area contributed by atoms with Gasteiger partial charge >= 0.3 is 26.4 Å². The Bertz CT molecular complexity index is 1690. The number of hydrogen-bond acceptors (Lipinski definition) is 6. The number of halogens is 8. The molecule has 236 valence electrons. The summed E-state index contributed by atoms with van der Waals surface area (Å²) in [7, 11) is -12.0. The lowest BCUT2D eigenvalue weighted by Crippen LogP contribution is -2.34. The van der Waals surface area contributed by atoms with E-state index in [-0.39, 0.29) is 0 Å². The number of benzene rings is 4. The third kappa shape index (κ3) is 10.4. The molecule has 6 rings (SSSR count). The molecule has 2 heterocycles. The fraction of sp³-hybridized carbons (Fsp3) is 0. The highest BCUT2D eigenvalue weighted by molar-refractivity contribution is 6.50. The van der Waals surface area contributed by atoms with Gasteiger partial charge in [0.1, 0.15) is 22.7 Å². The van der Waals surface area contributed by atoms with Gasteiger partial charge in [-0.1, -0.05) is 82.2 Å². The second-order valence-corrected chi connectivity index (χ2v) is 8.71. The van der Waals surface area contributed by atoms with Gasteiger partial charge in [-0.3, -0.25) is 0 Å². The van der Waals surface area contributed by atoms with Crippen LogP contribution < -0.4 is 9.36 Å². The SMILES string of the molecule is F[B-](F)(F)F.F[B-](F)(F)F.c1ccc(-n2nc(/N=N/c3nn(-c4ccccc4)n[n+]3-c3ccccc3)[n+](-c3ccccc3)n2)cc1. The fourth-order valence-electron chi connectivity index (χ4n) is 3.57. The van der Waals surface area contributed by atoms with Crippen LogP contribution in [-0.2, 0) is 0 Å². The second-order valence-electron chi connectivity index (χ2n) is 8.71. The second kappa shape index (κ2) is 14.8. The predicted octanol–water partition coefficient (Wildman–Crippen LogP) is 6.42. The maximum Gasteiger partial charge on any atom is 0.673 e. The molecule has 0 aliphatic carbocycles. The lowest BCUT2D eigenvalue weighted by Gasteiger charge is -1.94. The monoisotopic (exact) mass is 646 g/mol. The van der Waals surface area contributed by atoms with Gasteiger partial charge in [0, 0.05) is 10.4 Å². The summed E-state index contributed by atoms with van der Waals surface area (Å²) in [6.45, 7) is 0. The number of hydrogen-bond donors (Lipinski definition) is 0. The summed E-state index contributed by atoms with van der Waals surface area (Å²) in [4.78, 5) is 3.04. The van der Waals surface area contributed by atoms with E-state index in [1.54, 1.807) is 9.36 Å². The van der Waals surface area contributed by atoms with Gasteiger partial charge in [0.15, 0.2) is 0 Å². The molecule has 0 bridgehead atoms. The summed E-state index contributed by atoms with van der Waals surface area (Å²) in [5.74, 6) is 0.581. The number of aromatic nitrogens is 8. The molecule has 0 saturated heterocycles. The molecule has 20 heteroatoms. The third-order valence-electron chi connectivity index (χ3n) is 5.30. The summed E-state index contributed by atoms with van der Waals surface area (Å²) < 4.78 is 81.3. The fourth-order valence-corrected chi connectivity index (χ4v) is 3.57. The Hall–Kier alpha value is -5.81. The van der Waals surface area contributed by atoms with Gasteiger partial charge in [0.2, 0.25) is 0 Å². The molecule has 0 aliphatic heterocycles. The van der Waals surface area contributed by atoms with Crippen LogP contribution >= 0.6 is 0 Å². The first-order valence-corrected chi connectivity index (χ1v) is 13.0. The highest BCUT2D eigenvalue weighted by Crippen LogP contribution is 2.14. The van der Waals surface area contributed by atoms with E-state index >= 15 is 0 Å². The number of azo groups is 1. The Kier molecular flexibility index (Phi) is 10.6. The van der Waals surface area contributed by atoms with E-state index < -0.39 is 14.5 Å². The van der Waals surface area contributed by atoms with Gasteiger partial charge in [-0.25, -0.2) is 0 Å². The van der Waals surface area contributed by atoms with Gasteiger partial charge < -0.3 is 34.5 Å². The molecule has 0 radical (unpaired) electrons. The van der Waals surface area contributed by atoms with Crippen LogP contribution in [0.15, 0.2) is 132 Å². The molecule has 0 amide bonds. The van der Waals surface area contributed by atoms with E-state index in [4.69, 9.17) is 0 Å². The van der Waals surface area contributed by atoms with Crippen LogP contribution in [0.3, 0.4) is 0 Å². The van der Waals surface area contributed by atoms with Crippen molar-refractivity contribution in [2.75, 3.05) is 0 Å². The first-order valence-electron chi connectivity index (χ1n) is 13.0. The molecule has 0 saturated carbocycles. The Labute approximate surface area is 255 Å². The largest absolute Gasteiger partial charge is 0.673 e. The average molecular weight is 646 g/mol. The van der Waals surface area contributed by atoms with Gasteiger partial charge in [-0.05, 0) is 58.1 Å². The Morgan fingerprint density at radius 2 is 0.696 bits per heavy atom. The minimum absolute atomic E-state index is 0.291. The van der Waals surface area contributed by atoms with Crippen LogP contribution in [-0.4, -0.2) is 44.7 Å². The molecular weight excluding hydrogens is 626 g/mol. The lowest BCUT2D eigenvalue weighted by molar-refractivity contribution is -0.651. The van der Waals surface area contributed by atoms with Crippen LogP contribution in [0, 0.1) is 0 Å². The molecule has 46 heavy (non-hydrogen) atoms. The molecule has 0 aliphatic rings. The molecule has 6 aromatic rings. The molecule has 10 nitrogen and oxygen atoms in total. The van der Waals surface area contributed by atoms with Gasteiger partial charge in [0.05, 0.1) is 20.4 Å². The Morgan fingerprint density at radius 1 is 0.435 bits per heavy atom. The number of tetrazole rings is 2. The van der Waals surface area contributed by atoms with Gasteiger partial charge in [0.25, 0.3) is 0 Å². The van der Waals surface area contributed by atoms with Gasteiger partial charge in [-0.2, -0.15) is 0 Å². The van der Waals surface area contributed by atoms with Crippen molar-refractivity contribution >= 4 is 26.4 Å². The maximum absolute atomic E-state index is 9.75. The van der Waals surface area contributed by atoms with Crippen LogP contribution in [0.4, 0.5) is 46.4 Å². The van der Waals surface area contributed by atoms with Crippen molar-refractivity contribution in [3.05, 3.63) is 121 Å². The van der Waals surface area contributed by atoms with Crippen LogP contribution in [0.2, 0.25) is 0 Å². The summed E-state index contributed by atoms with van der Waals surface area (Å²) in [5, 5.41) is 27.3. The van der Waals surface area contributed by atoms with Crippen molar-refractivity contribution in [3.8, 4) is 22.7 Å². The zero-order chi connectivity index (χ0) is 33.2. The van der Waals surface area contributed by atoms with Crippen LogP contribution in [0.1, 0.15) is 0 Å². The Balaban J connectivity index is 0.000000421. The van der Waals surface area contributed by atoms with Crippen molar-refractivity contribution in [1.82, 2.24) is 30.2 Å². The van der Waals surface area contributed by atoms with E-state index in [1.165, 1.54) is 9.59 Å². The highest BCUT2D eigenvalue weighted by atomic mass is 19.5. The van der Waals surface area contributed by atoms with E-state index in [1.807, 2.05) is 121 Å². The quantitative estimate of drug-likeness (QED) is 0.0905. The first kappa shape index (κ1) is 33.1. The number of para-hydroxylation sites is 4. The molecule has 0 N–H and O–H groups in total. The van der Waals surface area contributed by atoms with Crippen LogP contribution in [0.5, 0.6) is 0 Å². The van der Waals surface area contributed by atoms with Crippen molar-refractivity contribution in [3.63, 3.8) is 0 Å². The van der Waals surface area contributed by atoms with E-state index in [0.29, 0.717) is 11.9 Å². The topological polar surface area (TPSA) is 93.9 Å². The van der Waals surface area contributed by atoms with E-state index in [0.717, 1.165) is 22.7 Å². The summed E-state index contributed by atoms with van der Waals surface area (Å²) >= 11 is 0. The first-order chi connectivity index (χ1) is 21.8. The standard InChI is InChI=1S/C26H20N10.2BF4/c1-5-13-21(14-6-1)33-25(29-35(31-33)23-17-9-3-10-18-23)27-28-26-30-36(24-19-11-4-12-20-24)32-34(26)22-15-7-2-8-16-22;2*2-1(3,4)5/h1-20H;;/q+2;2*-1/b28-27+;;. The predicted molar refractivity (Wildman–Crippen MR) is 150 cm³/mol. The van der Waals surface area contributed by atoms with Gasteiger partial charge in [-0.15, -0.1) is 0 Å². The van der Waals surface area contributed by atoms with Crippen molar-refractivity contribution in [2.24, 2.45) is 10.2 Å². The number of rotatable bonds is 6. The third-order valence-corrected chi connectivity index (χ3v) is 5.30. The summed E-state index contributed by atoms with van der Waals surface area (Å²) in [6, 6.07) is 38.6. The van der Waals surface area contributed by atoms with E-state index in [9.17, 15) is 34.5 Å². The number of nitrogens with zero attached hydrogens (tertiary/aromatic N) is 10. The molecular formula is C26H20B2F8N10. The van der Waals surface area contributed by atoms with E-state index in [2.05, 4.69) is 30.9 Å². The zero-order valence-electron chi connectivity index (χ0n) is 23.2. The normalized spacial score (nSPS) is 11.4. The smallest absolute Gasteiger partial charge is 0.418 e. The zero-order valence-corrected chi connectivity index (χ0v) is 23.2. The van der Waals surface area contributed by atoms with Crippen LogP contribution in [0.25, 0.3) is 22.7 Å². The molecule has 0 fully saturated rings.